The summed E-state index contributed by atoms with van der Waals surface area (Å²) >= 11 is 0. The normalized spacial score (nSPS) is 45.4. The van der Waals surface area contributed by atoms with Gasteiger partial charge < -0.3 is 14.2 Å². The van der Waals surface area contributed by atoms with Crippen molar-refractivity contribution in [3.05, 3.63) is 23.8 Å². The van der Waals surface area contributed by atoms with Crippen molar-refractivity contribution in [1.82, 2.24) is 0 Å². The molecule has 5 atom stereocenters. The third kappa shape index (κ3) is 2.84. The molecule has 0 N–H and O–H groups in total. The average Bonchev–Trinajstić information content (AvgIpc) is 3.36. The number of epoxide rings is 2. The van der Waals surface area contributed by atoms with Crippen molar-refractivity contribution in [1.29, 1.82) is 0 Å². The summed E-state index contributed by atoms with van der Waals surface area (Å²) < 4.78 is 17.1. The Morgan fingerprint density at radius 1 is 1.25 bits per heavy atom. The lowest BCUT2D eigenvalue weighted by molar-refractivity contribution is -0.151. The molecule has 132 valence electrons. The van der Waals surface area contributed by atoms with Crippen LogP contribution < -0.4 is 0 Å². The topological polar surface area (TPSA) is 51.4 Å². The molecule has 1 aliphatic carbocycles. The summed E-state index contributed by atoms with van der Waals surface area (Å²) in [6.07, 6.45) is 7.55. The third-order valence-corrected chi connectivity index (χ3v) is 6.43. The van der Waals surface area contributed by atoms with Crippen LogP contribution in [0.1, 0.15) is 52.9 Å². The van der Waals surface area contributed by atoms with Crippen molar-refractivity contribution in [3.63, 3.8) is 0 Å². The number of carbonyl (C=O) groups excluding carboxylic acids is 1. The van der Waals surface area contributed by atoms with Crippen LogP contribution in [0.5, 0.6) is 0 Å². The number of cyclic esters (lactones) is 1. The van der Waals surface area contributed by atoms with Gasteiger partial charge in [0.15, 0.2) is 0 Å². The van der Waals surface area contributed by atoms with Gasteiger partial charge in [-0.25, -0.2) is 0 Å². The molecule has 0 spiro atoms. The fraction of sp³-hybridized carbons (Fsp3) is 0.750. The first-order chi connectivity index (χ1) is 11.3. The first-order valence-electron chi connectivity index (χ1n) is 9.19. The smallest absolute Gasteiger partial charge is 0.313 e. The van der Waals surface area contributed by atoms with Crippen molar-refractivity contribution in [3.8, 4) is 0 Å². The molecule has 0 amide bonds. The number of fused-ring (bicyclic) bond motifs is 2. The Kier molecular flexibility index (Phi) is 3.70. The second-order valence-corrected chi connectivity index (χ2v) is 8.57. The largest absolute Gasteiger partial charge is 0.461 e. The minimum Gasteiger partial charge on any atom is -0.461 e. The summed E-state index contributed by atoms with van der Waals surface area (Å²) in [7, 11) is 0. The predicted molar refractivity (Wildman–Crippen MR) is 90.5 cm³/mol. The van der Waals surface area contributed by atoms with E-state index in [-0.39, 0.29) is 35.1 Å². The number of rotatable bonds is 2. The highest BCUT2D eigenvalue weighted by Gasteiger charge is 2.53. The van der Waals surface area contributed by atoms with Crippen molar-refractivity contribution in [2.24, 2.45) is 11.8 Å². The predicted octanol–water partition coefficient (Wildman–Crippen LogP) is 3.56. The van der Waals surface area contributed by atoms with Crippen LogP contribution in [0.25, 0.3) is 0 Å². The van der Waals surface area contributed by atoms with Gasteiger partial charge in [0, 0.05) is 5.92 Å². The lowest BCUT2D eigenvalue weighted by Gasteiger charge is -2.34. The van der Waals surface area contributed by atoms with Gasteiger partial charge in [0.05, 0.1) is 29.3 Å². The number of carbonyl (C=O) groups is 1. The highest BCUT2D eigenvalue weighted by Crippen LogP contribution is 2.49. The first kappa shape index (κ1) is 16.3. The van der Waals surface area contributed by atoms with Gasteiger partial charge in [0.25, 0.3) is 0 Å². The molecule has 4 heteroatoms. The number of ether oxygens (including phenoxy) is 3. The molecule has 4 fully saturated rings. The Balaban J connectivity index is 1.55. The average molecular weight is 332 g/mol. The lowest BCUT2D eigenvalue weighted by Crippen LogP contribution is -2.36. The van der Waals surface area contributed by atoms with E-state index in [2.05, 4.69) is 33.4 Å². The summed E-state index contributed by atoms with van der Waals surface area (Å²) in [4.78, 5) is 12.4. The zero-order chi connectivity index (χ0) is 17.1. The van der Waals surface area contributed by atoms with Crippen LogP contribution in [-0.4, -0.2) is 36.0 Å². The molecule has 24 heavy (non-hydrogen) atoms. The number of hydrogen-bond donors (Lipinski definition) is 0. The van der Waals surface area contributed by atoms with E-state index in [9.17, 15) is 4.79 Å². The van der Waals surface area contributed by atoms with Crippen molar-refractivity contribution >= 4 is 5.97 Å². The minimum absolute atomic E-state index is 0.00320. The molecule has 3 heterocycles. The molecule has 4 aliphatic rings. The number of esters is 1. The maximum absolute atomic E-state index is 12.4. The van der Waals surface area contributed by atoms with E-state index in [0.29, 0.717) is 12.7 Å². The van der Waals surface area contributed by atoms with Crippen LogP contribution in [0.2, 0.25) is 0 Å². The molecule has 4 rings (SSSR count). The van der Waals surface area contributed by atoms with Gasteiger partial charge in [-0.2, -0.15) is 0 Å². The SMILES string of the molecule is C=C1CC[C@@H]2O[C@@]2(C)CC[C@@H]2/C(=C\C[C@H]3OC3(C)C)COC(=O)[C@@H]12. The van der Waals surface area contributed by atoms with Gasteiger partial charge in [0.2, 0.25) is 0 Å². The highest BCUT2D eigenvalue weighted by molar-refractivity contribution is 5.78. The molecule has 3 saturated heterocycles. The van der Waals surface area contributed by atoms with Crippen LogP contribution >= 0.6 is 0 Å². The molecule has 0 aromatic heterocycles. The summed E-state index contributed by atoms with van der Waals surface area (Å²) in [5, 5.41) is 0. The van der Waals surface area contributed by atoms with Gasteiger partial charge in [-0.1, -0.05) is 18.2 Å². The Morgan fingerprint density at radius 2 is 2.00 bits per heavy atom. The molecule has 0 radical (unpaired) electrons. The molecule has 3 aliphatic heterocycles. The van der Waals surface area contributed by atoms with E-state index in [0.717, 1.165) is 37.7 Å². The Morgan fingerprint density at radius 3 is 2.71 bits per heavy atom. The van der Waals surface area contributed by atoms with Gasteiger partial charge in [-0.3, -0.25) is 4.79 Å². The Bertz CT molecular complexity index is 605. The molecule has 0 unspecified atom stereocenters. The van der Waals surface area contributed by atoms with E-state index in [4.69, 9.17) is 14.2 Å². The van der Waals surface area contributed by atoms with E-state index in [1.165, 1.54) is 5.57 Å². The summed E-state index contributed by atoms with van der Waals surface area (Å²) in [5.74, 6) is -0.0635. The first-order valence-corrected chi connectivity index (χ1v) is 9.19. The molecule has 1 saturated carbocycles. The highest BCUT2D eigenvalue weighted by atomic mass is 16.6. The van der Waals surface area contributed by atoms with E-state index >= 15 is 0 Å². The summed E-state index contributed by atoms with van der Waals surface area (Å²) in [5.41, 5.74) is 2.25. The lowest BCUT2D eigenvalue weighted by atomic mass is 9.76. The van der Waals surface area contributed by atoms with E-state index in [1.807, 2.05) is 0 Å². The summed E-state index contributed by atoms with van der Waals surface area (Å²) in [6.45, 7) is 11.1. The molecular formula is C20H28O4. The molecule has 0 aromatic rings. The maximum Gasteiger partial charge on any atom is 0.313 e. The fourth-order valence-electron chi connectivity index (χ4n) is 4.46. The zero-order valence-corrected chi connectivity index (χ0v) is 15.0. The zero-order valence-electron chi connectivity index (χ0n) is 15.0. The van der Waals surface area contributed by atoms with Crippen molar-refractivity contribution in [2.75, 3.05) is 6.61 Å². The number of hydrogen-bond acceptors (Lipinski definition) is 4. The Labute approximate surface area is 144 Å². The van der Waals surface area contributed by atoms with Crippen LogP contribution in [0.3, 0.4) is 0 Å². The third-order valence-electron chi connectivity index (χ3n) is 6.43. The van der Waals surface area contributed by atoms with Gasteiger partial charge in [0.1, 0.15) is 6.61 Å². The monoisotopic (exact) mass is 332 g/mol. The van der Waals surface area contributed by atoms with Crippen LogP contribution in [0.15, 0.2) is 23.8 Å². The second kappa shape index (κ2) is 5.43. The van der Waals surface area contributed by atoms with Gasteiger partial charge >= 0.3 is 5.97 Å². The van der Waals surface area contributed by atoms with Crippen LogP contribution in [0.4, 0.5) is 0 Å². The summed E-state index contributed by atoms with van der Waals surface area (Å²) in [6, 6.07) is 0. The second-order valence-electron chi connectivity index (χ2n) is 8.57. The van der Waals surface area contributed by atoms with Crippen LogP contribution in [-0.2, 0) is 19.0 Å². The fourth-order valence-corrected chi connectivity index (χ4v) is 4.46. The van der Waals surface area contributed by atoms with Gasteiger partial charge in [-0.05, 0) is 58.4 Å². The van der Waals surface area contributed by atoms with Crippen molar-refractivity contribution < 1.29 is 19.0 Å². The van der Waals surface area contributed by atoms with Gasteiger partial charge in [-0.15, -0.1) is 0 Å². The standard InChI is InChI=1S/C20H28O4/c1-12-5-7-16-20(4,24-16)10-9-14-13(11-22-18(21)17(12)14)6-8-15-19(2,3)23-15/h6,14-17H,1,5,7-11H2,2-4H3/b13-6-/t14-,15-,16+,17+,20+/m1/s1. The van der Waals surface area contributed by atoms with E-state index < -0.39 is 0 Å². The Hall–Kier alpha value is -1.13. The quantitative estimate of drug-likeness (QED) is 0.441. The molecular weight excluding hydrogens is 304 g/mol. The molecule has 0 bridgehead atoms. The molecule has 0 aromatic carbocycles. The van der Waals surface area contributed by atoms with Crippen LogP contribution in [0, 0.1) is 11.8 Å². The van der Waals surface area contributed by atoms with Crippen molar-refractivity contribution in [2.45, 2.75) is 76.3 Å². The maximum atomic E-state index is 12.4. The van der Waals surface area contributed by atoms with E-state index in [1.54, 1.807) is 0 Å². The minimum atomic E-state index is -0.181. The molecule has 4 nitrogen and oxygen atoms in total.